The van der Waals surface area contributed by atoms with Gasteiger partial charge in [-0.2, -0.15) is 0 Å². The molecular weight excluding hydrogens is 279 g/mol. The minimum Gasteiger partial charge on any atom is -0.342 e. The lowest BCUT2D eigenvalue weighted by atomic mass is 9.94. The first kappa shape index (κ1) is 14.7. The smallest absolute Gasteiger partial charge is 0.219 e. The summed E-state index contributed by atoms with van der Waals surface area (Å²) in [5.41, 5.74) is 2.76. The molecule has 0 bridgehead atoms. The zero-order chi connectivity index (χ0) is 15.5. The summed E-state index contributed by atoms with van der Waals surface area (Å²) in [6.45, 7) is 3.18. The first-order valence-electron chi connectivity index (χ1n) is 7.62. The molecule has 1 aromatic heterocycles. The Bertz CT molecular complexity index is 669. The molecule has 4 heteroatoms. The fraction of sp³-hybridized carbons (Fsp3) is 0.333. The molecule has 1 aromatic carbocycles. The van der Waals surface area contributed by atoms with Crippen molar-refractivity contribution in [3.63, 3.8) is 0 Å². The van der Waals surface area contributed by atoms with Crippen molar-refractivity contribution in [2.75, 3.05) is 13.1 Å². The average Bonchev–Trinajstić information content (AvgIpc) is 2.56. The fourth-order valence-electron chi connectivity index (χ4n) is 2.96. The third kappa shape index (κ3) is 3.16. The topological polar surface area (TPSA) is 33.2 Å². The number of carbonyl (C=O) groups is 1. The average molecular weight is 298 g/mol. The van der Waals surface area contributed by atoms with Crippen molar-refractivity contribution in [3.05, 3.63) is 54.0 Å². The van der Waals surface area contributed by atoms with Crippen LogP contribution in [0, 0.1) is 5.82 Å². The highest BCUT2D eigenvalue weighted by Crippen LogP contribution is 2.27. The number of piperidine rings is 1. The van der Waals surface area contributed by atoms with Crippen LogP contribution in [0.25, 0.3) is 11.3 Å². The van der Waals surface area contributed by atoms with E-state index in [0.29, 0.717) is 0 Å². The van der Waals surface area contributed by atoms with Crippen molar-refractivity contribution in [1.29, 1.82) is 0 Å². The molecule has 0 spiro atoms. The van der Waals surface area contributed by atoms with Gasteiger partial charge in [-0.15, -0.1) is 0 Å². The van der Waals surface area contributed by atoms with Crippen LogP contribution in [0.15, 0.2) is 42.5 Å². The second kappa shape index (κ2) is 6.26. The quantitative estimate of drug-likeness (QED) is 0.848. The van der Waals surface area contributed by atoms with Crippen molar-refractivity contribution < 1.29 is 9.18 Å². The summed E-state index contributed by atoms with van der Waals surface area (Å²) in [7, 11) is 0. The van der Waals surface area contributed by atoms with E-state index in [9.17, 15) is 9.18 Å². The van der Waals surface area contributed by atoms with E-state index in [4.69, 9.17) is 4.98 Å². The molecule has 1 unspecified atom stereocenters. The lowest BCUT2D eigenvalue weighted by Crippen LogP contribution is -2.37. The number of benzene rings is 1. The third-order valence-electron chi connectivity index (χ3n) is 4.20. The van der Waals surface area contributed by atoms with Gasteiger partial charge in [0.1, 0.15) is 5.82 Å². The van der Waals surface area contributed by atoms with Gasteiger partial charge in [0.15, 0.2) is 0 Å². The van der Waals surface area contributed by atoms with Crippen LogP contribution >= 0.6 is 0 Å². The molecule has 1 saturated heterocycles. The van der Waals surface area contributed by atoms with Gasteiger partial charge >= 0.3 is 0 Å². The molecule has 0 N–H and O–H groups in total. The molecule has 0 aliphatic carbocycles. The van der Waals surface area contributed by atoms with Gasteiger partial charge in [-0.25, -0.2) is 4.39 Å². The molecule has 1 atom stereocenters. The molecule has 1 aliphatic heterocycles. The summed E-state index contributed by atoms with van der Waals surface area (Å²) in [4.78, 5) is 18.2. The van der Waals surface area contributed by atoms with Gasteiger partial charge in [-0.05, 0) is 49.2 Å². The minimum absolute atomic E-state index is 0.124. The fourth-order valence-corrected chi connectivity index (χ4v) is 2.96. The normalized spacial score (nSPS) is 18.3. The van der Waals surface area contributed by atoms with Gasteiger partial charge < -0.3 is 4.90 Å². The monoisotopic (exact) mass is 298 g/mol. The zero-order valence-electron chi connectivity index (χ0n) is 12.6. The second-order valence-corrected chi connectivity index (χ2v) is 5.76. The summed E-state index contributed by atoms with van der Waals surface area (Å²) in [5, 5.41) is 0. The van der Waals surface area contributed by atoms with E-state index >= 15 is 0 Å². The summed E-state index contributed by atoms with van der Waals surface area (Å²) in [5.74, 6) is 0.154. The van der Waals surface area contributed by atoms with Crippen LogP contribution in [0.1, 0.15) is 31.4 Å². The van der Waals surface area contributed by atoms with Gasteiger partial charge in [0.05, 0.1) is 5.69 Å². The van der Waals surface area contributed by atoms with Crippen molar-refractivity contribution >= 4 is 5.91 Å². The van der Waals surface area contributed by atoms with Crippen molar-refractivity contribution in [2.24, 2.45) is 0 Å². The van der Waals surface area contributed by atoms with Crippen LogP contribution in [0.2, 0.25) is 0 Å². The highest BCUT2D eigenvalue weighted by molar-refractivity contribution is 5.73. The number of halogens is 1. The van der Waals surface area contributed by atoms with E-state index in [1.807, 2.05) is 23.1 Å². The SMILES string of the molecule is CC(=O)N1CCCC(c2cccc(-c3ccc(F)cc3)n2)C1. The van der Waals surface area contributed by atoms with Gasteiger partial charge in [0, 0.05) is 37.2 Å². The predicted molar refractivity (Wildman–Crippen MR) is 83.9 cm³/mol. The largest absolute Gasteiger partial charge is 0.342 e. The number of likely N-dealkylation sites (tertiary alicyclic amines) is 1. The molecule has 2 heterocycles. The Morgan fingerprint density at radius 3 is 2.73 bits per heavy atom. The van der Waals surface area contributed by atoms with Crippen LogP contribution in [-0.4, -0.2) is 28.9 Å². The van der Waals surface area contributed by atoms with Crippen LogP contribution in [-0.2, 0) is 4.79 Å². The Morgan fingerprint density at radius 2 is 2.00 bits per heavy atom. The van der Waals surface area contributed by atoms with Gasteiger partial charge in [-0.1, -0.05) is 6.07 Å². The molecule has 2 aromatic rings. The maximum absolute atomic E-state index is 13.0. The Morgan fingerprint density at radius 1 is 1.23 bits per heavy atom. The molecule has 0 radical (unpaired) electrons. The highest BCUT2D eigenvalue weighted by atomic mass is 19.1. The third-order valence-corrected chi connectivity index (χ3v) is 4.20. The molecular formula is C18H19FN2O. The van der Waals surface area contributed by atoms with Crippen molar-refractivity contribution in [1.82, 2.24) is 9.88 Å². The number of amides is 1. The van der Waals surface area contributed by atoms with E-state index in [1.54, 1.807) is 19.1 Å². The van der Waals surface area contributed by atoms with E-state index in [2.05, 4.69) is 0 Å². The summed E-state index contributed by atoms with van der Waals surface area (Å²) in [6.07, 6.45) is 2.05. The molecule has 1 amide bonds. The summed E-state index contributed by atoms with van der Waals surface area (Å²) in [6, 6.07) is 12.3. The molecule has 3 rings (SSSR count). The maximum atomic E-state index is 13.0. The minimum atomic E-state index is -0.246. The van der Waals surface area contributed by atoms with Crippen LogP contribution in [0.3, 0.4) is 0 Å². The standard InChI is InChI=1S/C18H19FN2O/c1-13(22)21-11-3-4-15(12-21)18-6-2-5-17(20-18)14-7-9-16(19)10-8-14/h2,5-10,15H,3-4,11-12H2,1H3. The highest BCUT2D eigenvalue weighted by Gasteiger charge is 2.23. The Labute approximate surface area is 129 Å². The molecule has 1 fully saturated rings. The molecule has 22 heavy (non-hydrogen) atoms. The van der Waals surface area contributed by atoms with E-state index in [1.165, 1.54) is 12.1 Å². The number of aromatic nitrogens is 1. The Balaban J connectivity index is 1.84. The summed E-state index contributed by atoms with van der Waals surface area (Å²) >= 11 is 0. The lowest BCUT2D eigenvalue weighted by molar-refractivity contribution is -0.130. The predicted octanol–water partition coefficient (Wildman–Crippen LogP) is 3.61. The van der Waals surface area contributed by atoms with E-state index < -0.39 is 0 Å². The number of nitrogens with zero attached hydrogens (tertiary/aromatic N) is 2. The summed E-state index contributed by atoms with van der Waals surface area (Å²) < 4.78 is 13.0. The zero-order valence-corrected chi connectivity index (χ0v) is 12.6. The van der Waals surface area contributed by atoms with E-state index in [0.717, 1.165) is 42.9 Å². The number of hydrogen-bond donors (Lipinski definition) is 0. The lowest BCUT2D eigenvalue weighted by Gasteiger charge is -2.31. The van der Waals surface area contributed by atoms with Crippen molar-refractivity contribution in [2.45, 2.75) is 25.7 Å². The van der Waals surface area contributed by atoms with Crippen LogP contribution in [0.4, 0.5) is 4.39 Å². The second-order valence-electron chi connectivity index (χ2n) is 5.76. The number of rotatable bonds is 2. The molecule has 3 nitrogen and oxygen atoms in total. The molecule has 114 valence electrons. The molecule has 1 aliphatic rings. The number of pyridine rings is 1. The van der Waals surface area contributed by atoms with Crippen LogP contribution in [0.5, 0.6) is 0 Å². The van der Waals surface area contributed by atoms with Crippen LogP contribution < -0.4 is 0 Å². The van der Waals surface area contributed by atoms with Gasteiger partial charge in [0.2, 0.25) is 5.91 Å². The Kier molecular flexibility index (Phi) is 4.18. The number of hydrogen-bond acceptors (Lipinski definition) is 2. The first-order chi connectivity index (χ1) is 10.6. The van der Waals surface area contributed by atoms with Gasteiger partial charge in [-0.3, -0.25) is 9.78 Å². The maximum Gasteiger partial charge on any atom is 0.219 e. The Hall–Kier alpha value is -2.23. The van der Waals surface area contributed by atoms with E-state index in [-0.39, 0.29) is 17.6 Å². The molecule has 0 saturated carbocycles. The van der Waals surface area contributed by atoms with Gasteiger partial charge in [0.25, 0.3) is 0 Å². The number of carbonyl (C=O) groups excluding carboxylic acids is 1. The van der Waals surface area contributed by atoms with Crippen molar-refractivity contribution in [3.8, 4) is 11.3 Å². The first-order valence-corrected chi connectivity index (χ1v) is 7.62.